The zero-order valence-electron chi connectivity index (χ0n) is 10.6. The van der Waals surface area contributed by atoms with Crippen molar-refractivity contribution < 1.29 is 18.3 Å². The highest BCUT2D eigenvalue weighted by atomic mass is 19.3. The predicted molar refractivity (Wildman–Crippen MR) is 68.1 cm³/mol. The second-order valence-corrected chi connectivity index (χ2v) is 4.01. The number of halogens is 2. The van der Waals surface area contributed by atoms with E-state index in [1.165, 1.54) is 6.07 Å². The van der Waals surface area contributed by atoms with Gasteiger partial charge in [0.2, 0.25) is 5.91 Å². The molecule has 0 unspecified atom stereocenters. The topological polar surface area (TPSA) is 64.3 Å². The summed E-state index contributed by atoms with van der Waals surface area (Å²) in [4.78, 5) is 11.6. The molecule has 0 aromatic heterocycles. The highest BCUT2D eigenvalue weighted by molar-refractivity contribution is 5.79. The third-order valence-corrected chi connectivity index (χ3v) is 2.49. The van der Waals surface area contributed by atoms with Crippen LogP contribution < -0.4 is 15.8 Å². The van der Waals surface area contributed by atoms with Gasteiger partial charge in [-0.05, 0) is 25.5 Å². The lowest BCUT2D eigenvalue weighted by atomic mass is 10.1. The summed E-state index contributed by atoms with van der Waals surface area (Å²) in [5, 5.41) is 2.71. The van der Waals surface area contributed by atoms with Crippen LogP contribution in [0.5, 0.6) is 5.75 Å². The maximum atomic E-state index is 12.2. The van der Waals surface area contributed by atoms with Crippen molar-refractivity contribution in [3.05, 3.63) is 29.8 Å². The molecule has 1 aromatic rings. The summed E-state index contributed by atoms with van der Waals surface area (Å²) in [7, 11) is 0. The number of nitrogens with one attached hydrogen (secondary N) is 1. The number of nitrogens with two attached hydrogens (primary N) is 1. The van der Waals surface area contributed by atoms with Gasteiger partial charge in [0.1, 0.15) is 5.75 Å². The van der Waals surface area contributed by atoms with E-state index in [-0.39, 0.29) is 18.1 Å². The minimum atomic E-state index is -2.89. The van der Waals surface area contributed by atoms with E-state index < -0.39 is 6.61 Å². The lowest BCUT2D eigenvalue weighted by molar-refractivity contribution is -0.120. The fourth-order valence-electron chi connectivity index (χ4n) is 1.59. The van der Waals surface area contributed by atoms with Gasteiger partial charge in [-0.2, -0.15) is 8.78 Å². The van der Waals surface area contributed by atoms with E-state index in [4.69, 9.17) is 5.73 Å². The van der Waals surface area contributed by atoms with Crippen molar-refractivity contribution in [2.24, 2.45) is 5.73 Å². The summed E-state index contributed by atoms with van der Waals surface area (Å²) < 4.78 is 28.7. The van der Waals surface area contributed by atoms with E-state index >= 15 is 0 Å². The molecular weight excluding hydrogens is 254 g/mol. The summed E-state index contributed by atoms with van der Waals surface area (Å²) in [6, 6.07) is 6.27. The molecule has 0 spiro atoms. The molecule has 0 saturated carbocycles. The van der Waals surface area contributed by atoms with Crippen molar-refractivity contribution in [1.29, 1.82) is 0 Å². The number of ether oxygens (including phenoxy) is 1. The third kappa shape index (κ3) is 6.15. The normalized spacial score (nSPS) is 10.5. The molecule has 6 heteroatoms. The molecule has 1 amide bonds. The monoisotopic (exact) mass is 272 g/mol. The second-order valence-electron chi connectivity index (χ2n) is 4.01. The van der Waals surface area contributed by atoms with Crippen LogP contribution in [0.2, 0.25) is 0 Å². The average Bonchev–Trinajstić information content (AvgIpc) is 2.36. The molecule has 0 atom stereocenters. The van der Waals surface area contributed by atoms with E-state index in [0.29, 0.717) is 18.7 Å². The zero-order chi connectivity index (χ0) is 14.1. The van der Waals surface area contributed by atoms with Crippen LogP contribution in [-0.2, 0) is 11.2 Å². The van der Waals surface area contributed by atoms with E-state index in [1.807, 2.05) is 0 Å². The Bertz CT molecular complexity index is 400. The number of carbonyl (C=O) groups excluding carboxylic acids is 1. The number of hydrogen-bond donors (Lipinski definition) is 2. The second kappa shape index (κ2) is 8.42. The first-order valence-electron chi connectivity index (χ1n) is 6.13. The summed E-state index contributed by atoms with van der Waals surface area (Å²) in [5.74, 6) is -0.183. The maximum absolute atomic E-state index is 12.2. The first kappa shape index (κ1) is 15.4. The highest BCUT2D eigenvalue weighted by Crippen LogP contribution is 2.20. The number of para-hydroxylation sites is 1. The summed E-state index contributed by atoms with van der Waals surface area (Å²) in [6.07, 6.45) is 1.66. The van der Waals surface area contributed by atoms with E-state index in [1.54, 1.807) is 18.2 Å². The van der Waals surface area contributed by atoms with Gasteiger partial charge in [-0.25, -0.2) is 0 Å². The zero-order valence-corrected chi connectivity index (χ0v) is 10.6. The Morgan fingerprint density at radius 1 is 1.32 bits per heavy atom. The molecule has 0 fully saturated rings. The molecule has 0 aliphatic heterocycles. The van der Waals surface area contributed by atoms with Crippen LogP contribution in [0, 0.1) is 0 Å². The number of amides is 1. The number of benzene rings is 1. The smallest absolute Gasteiger partial charge is 0.387 e. The summed E-state index contributed by atoms with van der Waals surface area (Å²) >= 11 is 0. The van der Waals surface area contributed by atoms with Gasteiger partial charge in [-0.1, -0.05) is 18.2 Å². The highest BCUT2D eigenvalue weighted by Gasteiger charge is 2.11. The van der Waals surface area contributed by atoms with Crippen LogP contribution in [0.3, 0.4) is 0 Å². The van der Waals surface area contributed by atoms with Crippen molar-refractivity contribution >= 4 is 5.91 Å². The molecule has 0 bridgehead atoms. The van der Waals surface area contributed by atoms with Gasteiger partial charge in [0.05, 0.1) is 6.42 Å². The molecule has 4 nitrogen and oxygen atoms in total. The molecule has 0 saturated heterocycles. The van der Waals surface area contributed by atoms with Crippen LogP contribution in [0.15, 0.2) is 24.3 Å². The van der Waals surface area contributed by atoms with Gasteiger partial charge in [-0.3, -0.25) is 4.79 Å². The van der Waals surface area contributed by atoms with Gasteiger partial charge in [-0.15, -0.1) is 0 Å². The molecule has 0 radical (unpaired) electrons. The number of hydrogen-bond acceptors (Lipinski definition) is 3. The molecule has 106 valence electrons. The van der Waals surface area contributed by atoms with E-state index in [2.05, 4.69) is 10.1 Å². The number of unbranched alkanes of at least 4 members (excludes halogenated alkanes) is 1. The van der Waals surface area contributed by atoms with Gasteiger partial charge < -0.3 is 15.8 Å². The van der Waals surface area contributed by atoms with Crippen molar-refractivity contribution in [1.82, 2.24) is 5.32 Å². The largest absolute Gasteiger partial charge is 0.435 e. The minimum Gasteiger partial charge on any atom is -0.435 e. The van der Waals surface area contributed by atoms with Crippen molar-refractivity contribution in [2.45, 2.75) is 25.9 Å². The third-order valence-electron chi connectivity index (χ3n) is 2.49. The first-order chi connectivity index (χ1) is 9.13. The molecule has 19 heavy (non-hydrogen) atoms. The standard InChI is InChI=1S/C13H18F2N2O2/c14-13(15)19-11-6-2-1-5-10(11)9-12(18)17-8-4-3-7-16/h1-2,5-6,13H,3-4,7-9,16H2,(H,17,18). The summed E-state index contributed by atoms with van der Waals surface area (Å²) in [5.41, 5.74) is 5.78. The summed E-state index contributed by atoms with van der Waals surface area (Å²) in [6.45, 7) is -1.77. The number of carbonyl (C=O) groups is 1. The first-order valence-corrected chi connectivity index (χ1v) is 6.13. The van der Waals surface area contributed by atoms with Gasteiger partial charge in [0, 0.05) is 12.1 Å². The molecule has 1 aromatic carbocycles. The SMILES string of the molecule is NCCCCNC(=O)Cc1ccccc1OC(F)F. The lowest BCUT2D eigenvalue weighted by Crippen LogP contribution is -2.26. The van der Waals surface area contributed by atoms with Crippen LogP contribution in [0.1, 0.15) is 18.4 Å². The number of rotatable bonds is 8. The van der Waals surface area contributed by atoms with Gasteiger partial charge >= 0.3 is 6.61 Å². The van der Waals surface area contributed by atoms with Crippen molar-refractivity contribution in [3.63, 3.8) is 0 Å². The Morgan fingerprint density at radius 2 is 2.05 bits per heavy atom. The molecule has 3 N–H and O–H groups in total. The van der Waals surface area contributed by atoms with Crippen LogP contribution in [-0.4, -0.2) is 25.6 Å². The quantitative estimate of drug-likeness (QED) is 0.708. The van der Waals surface area contributed by atoms with Crippen LogP contribution in [0.25, 0.3) is 0 Å². The Labute approximate surface area is 110 Å². The van der Waals surface area contributed by atoms with Gasteiger partial charge in [0.25, 0.3) is 0 Å². The van der Waals surface area contributed by atoms with E-state index in [0.717, 1.165) is 12.8 Å². The van der Waals surface area contributed by atoms with Gasteiger partial charge in [0.15, 0.2) is 0 Å². The average molecular weight is 272 g/mol. The Hall–Kier alpha value is -1.69. The Balaban J connectivity index is 2.49. The molecule has 0 aliphatic carbocycles. The fourth-order valence-corrected chi connectivity index (χ4v) is 1.59. The van der Waals surface area contributed by atoms with E-state index in [9.17, 15) is 13.6 Å². The maximum Gasteiger partial charge on any atom is 0.387 e. The fraction of sp³-hybridized carbons (Fsp3) is 0.462. The Kier molecular flexibility index (Phi) is 6.81. The van der Waals surface area contributed by atoms with Crippen molar-refractivity contribution in [3.8, 4) is 5.75 Å². The van der Waals surface area contributed by atoms with Crippen LogP contribution in [0.4, 0.5) is 8.78 Å². The molecular formula is C13H18F2N2O2. The van der Waals surface area contributed by atoms with Crippen LogP contribution >= 0.6 is 0 Å². The lowest BCUT2D eigenvalue weighted by Gasteiger charge is -2.10. The molecule has 1 rings (SSSR count). The predicted octanol–water partition coefficient (Wildman–Crippen LogP) is 1.69. The van der Waals surface area contributed by atoms with Crippen molar-refractivity contribution in [2.75, 3.05) is 13.1 Å². The molecule has 0 heterocycles. The number of alkyl halides is 2. The molecule has 0 aliphatic rings. The Morgan fingerprint density at radius 3 is 2.74 bits per heavy atom. The minimum absolute atomic E-state index is 0.0194.